The Hall–Kier alpha value is -3.29. The highest BCUT2D eigenvalue weighted by Crippen LogP contribution is 2.51. The second-order valence-electron chi connectivity index (χ2n) is 11.4. The number of hydrogen-bond acceptors (Lipinski definition) is 3. The Kier molecular flexibility index (Phi) is 5.97. The Balaban J connectivity index is 1.21. The lowest BCUT2D eigenvalue weighted by atomic mass is 9.66. The molecule has 2 unspecified atom stereocenters. The van der Waals surface area contributed by atoms with Crippen LogP contribution in [0.4, 0.5) is 0 Å². The van der Waals surface area contributed by atoms with E-state index in [0.29, 0.717) is 24.5 Å². The third-order valence-corrected chi connectivity index (χ3v) is 9.11. The Morgan fingerprint density at radius 3 is 2.08 bits per heavy atom. The molecular formula is C32H35N2O2+. The van der Waals surface area contributed by atoms with Crippen molar-refractivity contribution in [2.24, 2.45) is 17.8 Å². The average Bonchev–Trinajstić information content (AvgIpc) is 3.48. The zero-order chi connectivity index (χ0) is 24.6. The normalized spacial score (nSPS) is 26.5. The predicted molar refractivity (Wildman–Crippen MR) is 141 cm³/mol. The molecule has 4 nitrogen and oxygen atoms in total. The SMILES string of the molecule is C[N+]1(CCc2ccc3c(c2)OCO3)CC2CCC(C1)C2CC(C#N)(c1ccccc1)c1ccccc1. The van der Waals surface area contributed by atoms with E-state index in [-0.39, 0.29) is 0 Å². The zero-order valence-electron chi connectivity index (χ0n) is 21.1. The summed E-state index contributed by atoms with van der Waals surface area (Å²) in [5.41, 5.74) is 2.98. The molecule has 0 radical (unpaired) electrons. The van der Waals surface area contributed by atoms with Gasteiger partial charge in [-0.15, -0.1) is 0 Å². The summed E-state index contributed by atoms with van der Waals surface area (Å²) in [5, 5.41) is 10.7. The molecule has 0 amide bonds. The number of nitrogens with zero attached hydrogens (tertiary/aromatic N) is 2. The summed E-state index contributed by atoms with van der Waals surface area (Å²) >= 11 is 0. The third kappa shape index (κ3) is 4.16. The van der Waals surface area contributed by atoms with Gasteiger partial charge in [0.15, 0.2) is 11.5 Å². The van der Waals surface area contributed by atoms with Gasteiger partial charge in [0.05, 0.1) is 32.8 Å². The second-order valence-corrected chi connectivity index (χ2v) is 11.4. The van der Waals surface area contributed by atoms with Crippen molar-refractivity contribution in [2.45, 2.75) is 31.1 Å². The summed E-state index contributed by atoms with van der Waals surface area (Å²) < 4.78 is 12.2. The number of likely N-dealkylation sites (N-methyl/N-ethyl adjacent to an activating group) is 1. The van der Waals surface area contributed by atoms with E-state index in [2.05, 4.69) is 73.8 Å². The molecule has 6 rings (SSSR count). The molecule has 3 aliphatic rings. The minimum absolute atomic E-state index is 0.327. The van der Waals surface area contributed by atoms with Crippen LogP contribution in [0.5, 0.6) is 11.5 Å². The fourth-order valence-corrected chi connectivity index (χ4v) is 7.29. The standard InChI is InChI=1S/C32H35N2O2/c1-34(17-16-24-12-15-30-31(18-24)36-23-35-30)20-25-13-14-26(21-34)29(25)19-32(22-33,27-8-4-2-5-9-27)28-10-6-3-7-11-28/h2-12,15,18,25-26,29H,13-14,16-17,19-21,23H2,1H3/q+1. The molecule has 3 aromatic rings. The molecule has 3 aromatic carbocycles. The van der Waals surface area contributed by atoms with E-state index in [1.54, 1.807) is 0 Å². The van der Waals surface area contributed by atoms with Crippen molar-refractivity contribution in [1.82, 2.24) is 0 Å². The topological polar surface area (TPSA) is 42.2 Å². The highest BCUT2D eigenvalue weighted by Gasteiger charge is 2.51. The van der Waals surface area contributed by atoms with Gasteiger partial charge in [-0.3, -0.25) is 0 Å². The van der Waals surface area contributed by atoms with Crippen LogP contribution in [0.25, 0.3) is 0 Å². The molecule has 0 spiro atoms. The maximum Gasteiger partial charge on any atom is 0.231 e. The van der Waals surface area contributed by atoms with Crippen molar-refractivity contribution >= 4 is 0 Å². The van der Waals surface area contributed by atoms with Crippen LogP contribution in [0.2, 0.25) is 0 Å². The number of benzene rings is 3. The maximum atomic E-state index is 10.7. The van der Waals surface area contributed by atoms with E-state index in [0.717, 1.165) is 46.5 Å². The second kappa shape index (κ2) is 9.30. The molecule has 2 bridgehead atoms. The quantitative estimate of drug-likeness (QED) is 0.393. The molecule has 1 aliphatic carbocycles. The minimum atomic E-state index is -0.596. The van der Waals surface area contributed by atoms with Gasteiger partial charge in [-0.05, 0) is 54.0 Å². The third-order valence-electron chi connectivity index (χ3n) is 9.11. The number of fused-ring (bicyclic) bond motifs is 3. The van der Waals surface area contributed by atoms with Crippen LogP contribution in [0, 0.1) is 29.1 Å². The van der Waals surface area contributed by atoms with E-state index in [1.165, 1.54) is 31.5 Å². The van der Waals surface area contributed by atoms with Crippen LogP contribution in [0.3, 0.4) is 0 Å². The van der Waals surface area contributed by atoms with Gasteiger partial charge in [0.25, 0.3) is 0 Å². The Morgan fingerprint density at radius 2 is 1.47 bits per heavy atom. The molecule has 36 heavy (non-hydrogen) atoms. The van der Waals surface area contributed by atoms with Crippen LogP contribution in [-0.4, -0.2) is 38.0 Å². The number of likely N-dealkylation sites (tertiary alicyclic amines) is 1. The van der Waals surface area contributed by atoms with Gasteiger partial charge in [0, 0.05) is 18.3 Å². The number of ether oxygens (including phenoxy) is 2. The van der Waals surface area contributed by atoms with E-state index >= 15 is 0 Å². The lowest BCUT2D eigenvalue weighted by Crippen LogP contribution is -2.56. The van der Waals surface area contributed by atoms with Crippen molar-refractivity contribution in [3.05, 3.63) is 95.6 Å². The van der Waals surface area contributed by atoms with Crippen LogP contribution < -0.4 is 9.47 Å². The van der Waals surface area contributed by atoms with Gasteiger partial charge in [0.2, 0.25) is 6.79 Å². The molecule has 184 valence electrons. The fraction of sp³-hybridized carbons (Fsp3) is 0.406. The average molecular weight is 480 g/mol. The summed E-state index contributed by atoms with van der Waals surface area (Å²) in [6.45, 7) is 3.88. The summed E-state index contributed by atoms with van der Waals surface area (Å²) in [6, 6.07) is 30.2. The van der Waals surface area contributed by atoms with Gasteiger partial charge in [-0.1, -0.05) is 66.7 Å². The number of rotatable bonds is 7. The fourth-order valence-electron chi connectivity index (χ4n) is 7.29. The van der Waals surface area contributed by atoms with Crippen molar-refractivity contribution in [1.29, 1.82) is 5.26 Å². The first-order valence-electron chi connectivity index (χ1n) is 13.3. The predicted octanol–water partition coefficient (Wildman–Crippen LogP) is 5.96. The highest BCUT2D eigenvalue weighted by atomic mass is 16.7. The van der Waals surface area contributed by atoms with E-state index < -0.39 is 5.41 Å². The molecule has 2 aliphatic heterocycles. The number of nitriles is 1. The lowest BCUT2D eigenvalue weighted by molar-refractivity contribution is -0.920. The summed E-state index contributed by atoms with van der Waals surface area (Å²) in [6.07, 6.45) is 4.54. The first kappa shape index (κ1) is 23.1. The molecule has 4 heteroatoms. The van der Waals surface area contributed by atoms with E-state index in [4.69, 9.17) is 9.47 Å². The van der Waals surface area contributed by atoms with E-state index in [9.17, 15) is 5.26 Å². The molecular weight excluding hydrogens is 444 g/mol. The summed E-state index contributed by atoms with van der Waals surface area (Å²) in [4.78, 5) is 0. The van der Waals surface area contributed by atoms with Crippen LogP contribution >= 0.6 is 0 Å². The van der Waals surface area contributed by atoms with Crippen LogP contribution in [0.15, 0.2) is 78.9 Å². The largest absolute Gasteiger partial charge is 0.454 e. The summed E-state index contributed by atoms with van der Waals surface area (Å²) in [5.74, 6) is 3.66. The highest BCUT2D eigenvalue weighted by molar-refractivity contribution is 5.46. The van der Waals surface area contributed by atoms with Gasteiger partial charge in [-0.2, -0.15) is 5.26 Å². The Bertz CT molecular complexity index is 1200. The Morgan fingerprint density at radius 1 is 0.861 bits per heavy atom. The van der Waals surface area contributed by atoms with Crippen LogP contribution in [0.1, 0.15) is 36.0 Å². The van der Waals surface area contributed by atoms with Gasteiger partial charge in [-0.25, -0.2) is 0 Å². The Labute approximate surface area is 214 Å². The van der Waals surface area contributed by atoms with Crippen LogP contribution in [-0.2, 0) is 11.8 Å². The van der Waals surface area contributed by atoms with Crippen molar-refractivity contribution in [3.63, 3.8) is 0 Å². The number of hydrogen-bond donors (Lipinski definition) is 0. The molecule has 2 atom stereocenters. The number of piperidine rings is 1. The molecule has 0 aromatic heterocycles. The van der Waals surface area contributed by atoms with Gasteiger partial charge in [0.1, 0.15) is 5.41 Å². The maximum absolute atomic E-state index is 10.7. The molecule has 2 fully saturated rings. The molecule has 1 saturated carbocycles. The van der Waals surface area contributed by atoms with E-state index in [1.807, 2.05) is 18.2 Å². The van der Waals surface area contributed by atoms with Gasteiger partial charge >= 0.3 is 0 Å². The molecule has 2 heterocycles. The van der Waals surface area contributed by atoms with Crippen molar-refractivity contribution in [2.75, 3.05) is 33.5 Å². The van der Waals surface area contributed by atoms with Crippen molar-refractivity contribution in [3.8, 4) is 17.6 Å². The number of quaternary nitrogens is 1. The monoisotopic (exact) mass is 479 g/mol. The van der Waals surface area contributed by atoms with Crippen molar-refractivity contribution < 1.29 is 14.0 Å². The first-order valence-corrected chi connectivity index (χ1v) is 13.3. The van der Waals surface area contributed by atoms with Gasteiger partial charge < -0.3 is 14.0 Å². The first-order chi connectivity index (χ1) is 17.6. The smallest absolute Gasteiger partial charge is 0.231 e. The molecule has 0 N–H and O–H groups in total. The zero-order valence-corrected chi connectivity index (χ0v) is 21.1. The molecule has 1 saturated heterocycles. The summed E-state index contributed by atoms with van der Waals surface area (Å²) in [7, 11) is 2.44. The lowest BCUT2D eigenvalue weighted by Gasteiger charge is -2.46. The minimum Gasteiger partial charge on any atom is -0.454 e.